The summed E-state index contributed by atoms with van der Waals surface area (Å²) in [5.41, 5.74) is 9.03. The third kappa shape index (κ3) is 3.40. The molecule has 1 fully saturated rings. The van der Waals surface area contributed by atoms with E-state index in [1.54, 1.807) is 0 Å². The second-order valence-electron chi connectivity index (χ2n) is 6.26. The lowest BCUT2D eigenvalue weighted by Gasteiger charge is -2.28. The lowest BCUT2D eigenvalue weighted by Crippen LogP contribution is -2.42. The molecule has 3 nitrogen and oxygen atoms in total. The quantitative estimate of drug-likeness (QED) is 0.862. The normalized spacial score (nSPS) is 28.4. The minimum atomic E-state index is -0.0495. The summed E-state index contributed by atoms with van der Waals surface area (Å²) in [5.74, 6) is 0.826. The van der Waals surface area contributed by atoms with Crippen LogP contribution in [0.3, 0.4) is 0 Å². The van der Waals surface area contributed by atoms with Crippen molar-refractivity contribution in [2.24, 2.45) is 18.7 Å². The summed E-state index contributed by atoms with van der Waals surface area (Å²) in [5, 5.41) is 4.58. The van der Waals surface area contributed by atoms with Crippen molar-refractivity contribution in [3.63, 3.8) is 0 Å². The molecule has 1 heterocycles. The molecule has 0 aliphatic heterocycles. The Labute approximate surface area is 125 Å². The predicted octanol–water partition coefficient (Wildman–Crippen LogP) is 3.59. The third-order valence-corrected chi connectivity index (χ3v) is 5.44. The molecule has 1 aromatic heterocycles. The molecule has 2 N–H and O–H groups in total. The minimum Gasteiger partial charge on any atom is -0.325 e. The summed E-state index contributed by atoms with van der Waals surface area (Å²) in [6, 6.07) is 0. The van der Waals surface area contributed by atoms with Gasteiger partial charge in [0.15, 0.2) is 0 Å². The van der Waals surface area contributed by atoms with Crippen molar-refractivity contribution in [3.05, 3.63) is 15.9 Å². The van der Waals surface area contributed by atoms with Gasteiger partial charge >= 0.3 is 0 Å². The second-order valence-corrected chi connectivity index (χ2v) is 7.05. The van der Waals surface area contributed by atoms with E-state index in [-0.39, 0.29) is 5.54 Å². The van der Waals surface area contributed by atoms with Crippen LogP contribution in [0.1, 0.15) is 57.3 Å². The molecule has 1 aliphatic carbocycles. The highest BCUT2D eigenvalue weighted by atomic mass is 79.9. The molecule has 108 valence electrons. The summed E-state index contributed by atoms with van der Waals surface area (Å²) in [6.45, 7) is 4.49. The van der Waals surface area contributed by atoms with Gasteiger partial charge in [0.25, 0.3) is 0 Å². The van der Waals surface area contributed by atoms with Crippen LogP contribution < -0.4 is 5.73 Å². The molecule has 4 heteroatoms. The Morgan fingerprint density at radius 2 is 2.16 bits per heavy atom. The van der Waals surface area contributed by atoms with E-state index in [9.17, 15) is 0 Å². The molecule has 2 unspecified atom stereocenters. The predicted molar refractivity (Wildman–Crippen MR) is 83.2 cm³/mol. The molecule has 2 atom stereocenters. The van der Waals surface area contributed by atoms with E-state index in [1.807, 2.05) is 11.7 Å². The van der Waals surface area contributed by atoms with Crippen LogP contribution in [0.15, 0.2) is 4.47 Å². The van der Waals surface area contributed by atoms with Gasteiger partial charge in [-0.3, -0.25) is 4.68 Å². The molecule has 0 aromatic carbocycles. The van der Waals surface area contributed by atoms with Gasteiger partial charge in [-0.1, -0.05) is 26.7 Å². The first kappa shape index (κ1) is 15.0. The fourth-order valence-electron chi connectivity index (χ4n) is 3.13. The van der Waals surface area contributed by atoms with Gasteiger partial charge in [-0.25, -0.2) is 0 Å². The van der Waals surface area contributed by atoms with Crippen molar-refractivity contribution in [1.29, 1.82) is 0 Å². The Bertz CT molecular complexity index is 441. The number of aromatic nitrogens is 2. The smallest absolute Gasteiger partial charge is 0.0766 e. The van der Waals surface area contributed by atoms with Crippen molar-refractivity contribution in [2.45, 2.75) is 64.3 Å². The Morgan fingerprint density at radius 3 is 2.79 bits per heavy atom. The van der Waals surface area contributed by atoms with Crippen LogP contribution in [0, 0.1) is 5.92 Å². The topological polar surface area (TPSA) is 43.8 Å². The van der Waals surface area contributed by atoms with Gasteiger partial charge in [-0.2, -0.15) is 5.10 Å². The Kier molecular flexibility index (Phi) is 4.72. The number of hydrogen-bond donors (Lipinski definition) is 1. The van der Waals surface area contributed by atoms with E-state index in [0.717, 1.165) is 37.3 Å². The largest absolute Gasteiger partial charge is 0.325 e. The number of rotatable bonds is 3. The summed E-state index contributed by atoms with van der Waals surface area (Å²) < 4.78 is 3.17. The summed E-state index contributed by atoms with van der Waals surface area (Å²) in [6.07, 6.45) is 8.00. The molecule has 1 aliphatic rings. The fourth-order valence-corrected chi connectivity index (χ4v) is 3.88. The monoisotopic (exact) mass is 327 g/mol. The fraction of sp³-hybridized carbons (Fsp3) is 0.800. The minimum absolute atomic E-state index is 0.0495. The highest BCUT2D eigenvalue weighted by Crippen LogP contribution is 2.33. The molecule has 1 aromatic rings. The standard InChI is InChI=1S/C15H26BrN3/c1-4-12-14(16)13(19(3)18-12)10-15(17)8-5-6-11(2)7-9-15/h11H,4-10,17H2,1-3H3. The van der Waals surface area contributed by atoms with Gasteiger partial charge in [0.2, 0.25) is 0 Å². The van der Waals surface area contributed by atoms with Crippen LogP contribution in [-0.4, -0.2) is 15.3 Å². The first-order valence-corrected chi connectivity index (χ1v) is 8.23. The van der Waals surface area contributed by atoms with Crippen molar-refractivity contribution >= 4 is 15.9 Å². The zero-order valence-electron chi connectivity index (χ0n) is 12.4. The zero-order valence-corrected chi connectivity index (χ0v) is 14.0. The number of nitrogens with two attached hydrogens (primary N) is 1. The second kappa shape index (κ2) is 5.96. The van der Waals surface area contributed by atoms with E-state index < -0.39 is 0 Å². The van der Waals surface area contributed by atoms with E-state index in [1.165, 1.54) is 29.4 Å². The van der Waals surface area contributed by atoms with Crippen molar-refractivity contribution in [2.75, 3.05) is 0 Å². The number of halogens is 1. The molecule has 1 saturated carbocycles. The zero-order chi connectivity index (χ0) is 14.0. The third-order valence-electron chi connectivity index (χ3n) is 4.53. The maximum absolute atomic E-state index is 6.68. The van der Waals surface area contributed by atoms with Gasteiger partial charge in [0, 0.05) is 19.0 Å². The number of aryl methyl sites for hydroxylation is 2. The molecule has 0 bridgehead atoms. The first-order valence-electron chi connectivity index (χ1n) is 7.44. The lowest BCUT2D eigenvalue weighted by molar-refractivity contribution is 0.355. The lowest BCUT2D eigenvalue weighted by atomic mass is 9.86. The maximum atomic E-state index is 6.68. The molecule has 0 amide bonds. The van der Waals surface area contributed by atoms with E-state index in [0.29, 0.717) is 0 Å². The SMILES string of the molecule is CCc1nn(C)c(CC2(N)CCCC(C)CC2)c1Br. The van der Waals surface area contributed by atoms with Gasteiger partial charge in [0.1, 0.15) is 0 Å². The van der Waals surface area contributed by atoms with Gasteiger partial charge < -0.3 is 5.73 Å². The van der Waals surface area contributed by atoms with Crippen LogP contribution in [0.5, 0.6) is 0 Å². The summed E-state index contributed by atoms with van der Waals surface area (Å²) in [4.78, 5) is 0. The van der Waals surface area contributed by atoms with Gasteiger partial charge in [-0.15, -0.1) is 0 Å². The van der Waals surface area contributed by atoms with E-state index in [4.69, 9.17) is 5.73 Å². The summed E-state index contributed by atoms with van der Waals surface area (Å²) >= 11 is 3.71. The number of hydrogen-bond acceptors (Lipinski definition) is 2. The van der Waals surface area contributed by atoms with Crippen LogP contribution in [0.2, 0.25) is 0 Å². The highest BCUT2D eigenvalue weighted by molar-refractivity contribution is 9.10. The molecular formula is C15H26BrN3. The maximum Gasteiger partial charge on any atom is 0.0766 e. The van der Waals surface area contributed by atoms with Gasteiger partial charge in [-0.05, 0) is 47.5 Å². The Morgan fingerprint density at radius 1 is 1.42 bits per heavy atom. The van der Waals surface area contributed by atoms with Crippen molar-refractivity contribution in [1.82, 2.24) is 9.78 Å². The Balaban J connectivity index is 2.17. The molecule has 0 spiro atoms. The van der Waals surface area contributed by atoms with Crippen LogP contribution in [-0.2, 0) is 19.9 Å². The first-order chi connectivity index (χ1) is 8.95. The average molecular weight is 328 g/mol. The molecular weight excluding hydrogens is 302 g/mol. The summed E-state index contributed by atoms with van der Waals surface area (Å²) in [7, 11) is 2.03. The van der Waals surface area contributed by atoms with E-state index >= 15 is 0 Å². The van der Waals surface area contributed by atoms with E-state index in [2.05, 4.69) is 34.9 Å². The highest BCUT2D eigenvalue weighted by Gasteiger charge is 2.30. The molecule has 19 heavy (non-hydrogen) atoms. The molecule has 0 radical (unpaired) electrons. The van der Waals surface area contributed by atoms with Crippen LogP contribution in [0.25, 0.3) is 0 Å². The number of nitrogens with zero attached hydrogens (tertiary/aromatic N) is 2. The molecule has 0 saturated heterocycles. The molecule has 2 rings (SSSR count). The van der Waals surface area contributed by atoms with Crippen molar-refractivity contribution < 1.29 is 0 Å². The average Bonchev–Trinajstić information content (AvgIpc) is 2.53. The Hall–Kier alpha value is -0.350. The van der Waals surface area contributed by atoms with Crippen LogP contribution >= 0.6 is 15.9 Å². The van der Waals surface area contributed by atoms with Crippen LogP contribution in [0.4, 0.5) is 0 Å². The van der Waals surface area contributed by atoms with Crippen molar-refractivity contribution in [3.8, 4) is 0 Å². The van der Waals surface area contributed by atoms with Gasteiger partial charge in [0.05, 0.1) is 15.9 Å².